The van der Waals surface area contributed by atoms with Crippen molar-refractivity contribution in [3.63, 3.8) is 0 Å². The lowest BCUT2D eigenvalue weighted by atomic mass is 10.0. The third-order valence-corrected chi connectivity index (χ3v) is 5.53. The topological polar surface area (TPSA) is 60.4 Å². The molecule has 7 heteroatoms. The number of benzene rings is 1. The predicted octanol–water partition coefficient (Wildman–Crippen LogP) is 3.67. The highest BCUT2D eigenvalue weighted by Gasteiger charge is 2.24. The summed E-state index contributed by atoms with van der Waals surface area (Å²) in [6, 6.07) is 10.8. The van der Waals surface area contributed by atoms with Crippen LogP contribution < -0.4 is 0 Å². The molecule has 0 aliphatic carbocycles. The van der Waals surface area contributed by atoms with Crippen LogP contribution in [0.1, 0.15) is 40.0 Å². The first-order valence-corrected chi connectivity index (χ1v) is 10.9. The van der Waals surface area contributed by atoms with Crippen LogP contribution in [0, 0.1) is 12.7 Å². The number of pyridine rings is 1. The Labute approximate surface area is 188 Å². The second-order valence-corrected chi connectivity index (χ2v) is 8.19. The molecular weight excluding hydrogens is 407 g/mol. The molecule has 0 spiro atoms. The minimum Gasteiger partial charge on any atom is -0.384 e. The first kappa shape index (κ1) is 22.5. The summed E-state index contributed by atoms with van der Waals surface area (Å²) >= 11 is 0. The van der Waals surface area contributed by atoms with E-state index in [2.05, 4.69) is 27.0 Å². The molecular formula is C25H29FN4O2. The zero-order chi connectivity index (χ0) is 22.3. The minimum atomic E-state index is -0.217. The van der Waals surface area contributed by atoms with Crippen molar-refractivity contribution in [2.45, 2.75) is 32.4 Å². The molecule has 1 aliphatic heterocycles. The molecule has 32 heavy (non-hydrogen) atoms. The van der Waals surface area contributed by atoms with Gasteiger partial charge in [-0.25, -0.2) is 14.4 Å². The molecule has 3 aromatic rings. The van der Waals surface area contributed by atoms with Crippen LogP contribution in [0.4, 0.5) is 4.39 Å². The molecule has 0 amide bonds. The molecule has 0 bridgehead atoms. The SMILES string of the molecule is COCCc1ncc(CN2CCO[C@H](c3cc(Cc4ccc(F)cc4)cc(C)n3)C2)cn1. The van der Waals surface area contributed by atoms with Crippen LogP contribution in [0.2, 0.25) is 0 Å². The van der Waals surface area contributed by atoms with Crippen molar-refractivity contribution >= 4 is 0 Å². The van der Waals surface area contributed by atoms with Gasteiger partial charge in [-0.2, -0.15) is 0 Å². The van der Waals surface area contributed by atoms with E-state index in [4.69, 9.17) is 14.5 Å². The maximum Gasteiger partial charge on any atom is 0.130 e. The first-order valence-electron chi connectivity index (χ1n) is 10.9. The number of hydrogen-bond acceptors (Lipinski definition) is 6. The summed E-state index contributed by atoms with van der Waals surface area (Å²) in [6.45, 7) is 5.67. The van der Waals surface area contributed by atoms with Crippen LogP contribution in [0.15, 0.2) is 48.8 Å². The third kappa shape index (κ3) is 6.16. The highest BCUT2D eigenvalue weighted by atomic mass is 19.1. The number of nitrogens with zero attached hydrogens (tertiary/aromatic N) is 4. The number of ether oxygens (including phenoxy) is 2. The molecule has 1 aliphatic rings. The van der Waals surface area contributed by atoms with Gasteiger partial charge in [-0.05, 0) is 48.7 Å². The lowest BCUT2D eigenvalue weighted by Gasteiger charge is -2.32. The van der Waals surface area contributed by atoms with Crippen molar-refractivity contribution in [2.24, 2.45) is 0 Å². The summed E-state index contributed by atoms with van der Waals surface area (Å²) in [5.41, 5.74) is 5.21. The van der Waals surface area contributed by atoms with E-state index >= 15 is 0 Å². The molecule has 1 saturated heterocycles. The maximum absolute atomic E-state index is 13.2. The van der Waals surface area contributed by atoms with E-state index in [1.807, 2.05) is 31.5 Å². The van der Waals surface area contributed by atoms with Gasteiger partial charge in [0.15, 0.2) is 0 Å². The van der Waals surface area contributed by atoms with Crippen LogP contribution in [0.3, 0.4) is 0 Å². The van der Waals surface area contributed by atoms with Gasteiger partial charge in [-0.1, -0.05) is 12.1 Å². The van der Waals surface area contributed by atoms with Crippen LogP contribution in [-0.2, 0) is 28.9 Å². The second kappa shape index (κ2) is 10.7. The van der Waals surface area contributed by atoms with Crippen molar-refractivity contribution in [2.75, 3.05) is 33.4 Å². The van der Waals surface area contributed by atoms with Gasteiger partial charge < -0.3 is 9.47 Å². The minimum absolute atomic E-state index is 0.0856. The Hall–Kier alpha value is -2.74. The molecule has 2 aromatic heterocycles. The lowest BCUT2D eigenvalue weighted by Crippen LogP contribution is -2.38. The molecule has 0 radical (unpaired) electrons. The Morgan fingerprint density at radius 2 is 1.88 bits per heavy atom. The van der Waals surface area contributed by atoms with E-state index in [0.717, 1.165) is 66.4 Å². The zero-order valence-corrected chi connectivity index (χ0v) is 18.6. The van der Waals surface area contributed by atoms with E-state index < -0.39 is 0 Å². The standard InChI is InChI=1S/C25H29FN4O2/c1-18-11-20(12-19-3-5-22(26)6-4-19)13-23(29-18)24-17-30(8-10-32-24)16-21-14-27-25(28-15-21)7-9-31-2/h3-6,11,13-15,24H,7-10,12,16-17H2,1-2H3/t24-/m0/s1. The number of halogens is 1. The average molecular weight is 437 g/mol. The summed E-state index contributed by atoms with van der Waals surface area (Å²) in [4.78, 5) is 16.0. The van der Waals surface area contributed by atoms with Crippen molar-refractivity contribution in [3.8, 4) is 0 Å². The highest BCUT2D eigenvalue weighted by molar-refractivity contribution is 5.29. The predicted molar refractivity (Wildman–Crippen MR) is 120 cm³/mol. The molecule has 0 saturated carbocycles. The van der Waals surface area contributed by atoms with Gasteiger partial charge in [0, 0.05) is 56.8 Å². The van der Waals surface area contributed by atoms with Gasteiger partial charge in [0.1, 0.15) is 17.7 Å². The van der Waals surface area contributed by atoms with Crippen molar-refractivity contribution in [3.05, 3.63) is 88.5 Å². The Bertz CT molecular complexity index is 1010. The quantitative estimate of drug-likeness (QED) is 0.537. The Kier molecular flexibility index (Phi) is 7.52. The fourth-order valence-electron chi connectivity index (χ4n) is 3.94. The number of aromatic nitrogens is 3. The monoisotopic (exact) mass is 436 g/mol. The number of methoxy groups -OCH3 is 1. The fraction of sp³-hybridized carbons (Fsp3) is 0.400. The van der Waals surface area contributed by atoms with Crippen LogP contribution >= 0.6 is 0 Å². The van der Waals surface area contributed by atoms with Gasteiger partial charge in [0.05, 0.1) is 18.9 Å². The number of rotatable bonds is 8. The third-order valence-electron chi connectivity index (χ3n) is 5.53. The smallest absolute Gasteiger partial charge is 0.130 e. The lowest BCUT2D eigenvalue weighted by molar-refractivity contribution is -0.0351. The molecule has 0 unspecified atom stereocenters. The van der Waals surface area contributed by atoms with Gasteiger partial charge >= 0.3 is 0 Å². The Balaban J connectivity index is 1.41. The Morgan fingerprint density at radius 1 is 1.09 bits per heavy atom. The summed E-state index contributed by atoms with van der Waals surface area (Å²) in [7, 11) is 1.68. The largest absolute Gasteiger partial charge is 0.384 e. The average Bonchev–Trinajstić information content (AvgIpc) is 2.80. The van der Waals surface area contributed by atoms with Crippen LogP contribution in [-0.4, -0.2) is 53.3 Å². The van der Waals surface area contributed by atoms with Gasteiger partial charge in [-0.15, -0.1) is 0 Å². The molecule has 6 nitrogen and oxygen atoms in total. The van der Waals surface area contributed by atoms with Crippen LogP contribution in [0.25, 0.3) is 0 Å². The zero-order valence-electron chi connectivity index (χ0n) is 18.6. The molecule has 168 valence electrons. The summed E-state index contributed by atoms with van der Waals surface area (Å²) in [6.07, 6.45) is 5.16. The summed E-state index contributed by atoms with van der Waals surface area (Å²) < 4.78 is 24.4. The molecule has 1 atom stereocenters. The van der Waals surface area contributed by atoms with Crippen molar-refractivity contribution in [1.29, 1.82) is 0 Å². The number of hydrogen-bond donors (Lipinski definition) is 0. The van der Waals surface area contributed by atoms with Gasteiger partial charge in [0.2, 0.25) is 0 Å². The normalized spacial score (nSPS) is 16.9. The van der Waals surface area contributed by atoms with E-state index in [1.165, 1.54) is 12.1 Å². The van der Waals surface area contributed by atoms with E-state index in [0.29, 0.717) is 13.2 Å². The molecule has 1 fully saturated rings. The van der Waals surface area contributed by atoms with E-state index in [1.54, 1.807) is 7.11 Å². The van der Waals surface area contributed by atoms with Crippen LogP contribution in [0.5, 0.6) is 0 Å². The molecule has 0 N–H and O–H groups in total. The van der Waals surface area contributed by atoms with Gasteiger partial charge in [0.25, 0.3) is 0 Å². The van der Waals surface area contributed by atoms with Crippen molar-refractivity contribution in [1.82, 2.24) is 19.9 Å². The first-order chi connectivity index (χ1) is 15.6. The highest BCUT2D eigenvalue weighted by Crippen LogP contribution is 2.24. The molecule has 3 heterocycles. The number of morpholine rings is 1. The van der Waals surface area contributed by atoms with E-state index in [9.17, 15) is 4.39 Å². The molecule has 4 rings (SSSR count). The summed E-state index contributed by atoms with van der Waals surface area (Å²) in [5.74, 6) is 0.583. The summed E-state index contributed by atoms with van der Waals surface area (Å²) in [5, 5.41) is 0. The molecule has 1 aromatic carbocycles. The second-order valence-electron chi connectivity index (χ2n) is 8.19. The van der Waals surface area contributed by atoms with Crippen molar-refractivity contribution < 1.29 is 13.9 Å². The number of aryl methyl sites for hydroxylation is 1. The Morgan fingerprint density at radius 3 is 2.62 bits per heavy atom. The van der Waals surface area contributed by atoms with E-state index in [-0.39, 0.29) is 11.9 Å². The maximum atomic E-state index is 13.2. The fourth-order valence-corrected chi connectivity index (χ4v) is 3.94. The van der Waals surface area contributed by atoms with Gasteiger partial charge in [-0.3, -0.25) is 9.88 Å².